The lowest BCUT2D eigenvalue weighted by Gasteiger charge is -2.17. The first-order valence-electron chi connectivity index (χ1n) is 5.82. The third-order valence-electron chi connectivity index (χ3n) is 2.78. The highest BCUT2D eigenvalue weighted by molar-refractivity contribution is 5.94. The Labute approximate surface area is 114 Å². The molecule has 0 spiro atoms. The van der Waals surface area contributed by atoms with E-state index in [0.717, 1.165) is 17.8 Å². The lowest BCUT2D eigenvalue weighted by Crippen LogP contribution is -2.27. The van der Waals surface area contributed by atoms with Crippen LogP contribution >= 0.6 is 0 Å². The van der Waals surface area contributed by atoms with Crippen LogP contribution in [0.15, 0.2) is 36.5 Å². The lowest BCUT2D eigenvalue weighted by atomic mass is 10.2. The van der Waals surface area contributed by atoms with E-state index in [-0.39, 0.29) is 17.9 Å². The molecule has 0 aliphatic carbocycles. The van der Waals surface area contributed by atoms with Gasteiger partial charge in [-0.1, -0.05) is 12.1 Å². The predicted octanol–water partition coefficient (Wildman–Crippen LogP) is 2.34. The maximum atomic E-state index is 13.5. The number of carbonyl (C=O) groups excluding carboxylic acids is 1. The fourth-order valence-corrected chi connectivity index (χ4v) is 1.74. The number of hydrogen-bond acceptors (Lipinski definition) is 3. The van der Waals surface area contributed by atoms with Crippen LogP contribution in [0.4, 0.5) is 8.78 Å². The molecule has 1 heterocycles. The highest BCUT2D eigenvalue weighted by Crippen LogP contribution is 2.15. The fraction of sp³-hybridized carbons (Fsp3) is 0.143. The molecule has 1 aromatic heterocycles. The van der Waals surface area contributed by atoms with Gasteiger partial charge in [0.25, 0.3) is 5.91 Å². The van der Waals surface area contributed by atoms with E-state index < -0.39 is 17.7 Å². The van der Waals surface area contributed by atoms with Gasteiger partial charge in [-0.15, -0.1) is 0 Å². The van der Waals surface area contributed by atoms with Crippen LogP contribution in [-0.2, 0) is 6.54 Å². The van der Waals surface area contributed by atoms with Crippen LogP contribution in [0.1, 0.15) is 15.9 Å². The molecule has 104 valence electrons. The van der Waals surface area contributed by atoms with Crippen molar-refractivity contribution in [2.45, 2.75) is 6.54 Å². The van der Waals surface area contributed by atoms with E-state index in [1.165, 1.54) is 24.1 Å². The summed E-state index contributed by atoms with van der Waals surface area (Å²) in [4.78, 5) is 16.4. The second kappa shape index (κ2) is 5.64. The smallest absolute Gasteiger partial charge is 0.257 e. The summed E-state index contributed by atoms with van der Waals surface area (Å²) < 4.78 is 26.5. The third-order valence-corrected chi connectivity index (χ3v) is 2.78. The van der Waals surface area contributed by atoms with Crippen molar-refractivity contribution in [3.63, 3.8) is 0 Å². The number of phenols is 1. The van der Waals surface area contributed by atoms with Crippen molar-refractivity contribution in [2.24, 2.45) is 0 Å². The quantitative estimate of drug-likeness (QED) is 0.877. The molecule has 0 aliphatic heterocycles. The van der Waals surface area contributed by atoms with Gasteiger partial charge in [0.05, 0.1) is 5.56 Å². The van der Waals surface area contributed by atoms with E-state index in [9.17, 15) is 13.6 Å². The Morgan fingerprint density at radius 1 is 1.25 bits per heavy atom. The SMILES string of the molecule is CN(Cc1ccc(O)cc1)C(=O)c1ccnc(F)c1F. The maximum absolute atomic E-state index is 13.5. The number of nitrogens with zero attached hydrogens (tertiary/aromatic N) is 2. The average Bonchev–Trinajstić information content (AvgIpc) is 2.43. The van der Waals surface area contributed by atoms with Crippen LogP contribution in [0, 0.1) is 11.8 Å². The molecule has 4 nitrogen and oxygen atoms in total. The Morgan fingerprint density at radius 3 is 2.55 bits per heavy atom. The number of halogens is 2. The van der Waals surface area contributed by atoms with Crippen LogP contribution < -0.4 is 0 Å². The van der Waals surface area contributed by atoms with Gasteiger partial charge in [-0.3, -0.25) is 4.79 Å². The summed E-state index contributed by atoms with van der Waals surface area (Å²) in [7, 11) is 1.48. The predicted molar refractivity (Wildman–Crippen MR) is 68.1 cm³/mol. The number of hydrogen-bond donors (Lipinski definition) is 1. The summed E-state index contributed by atoms with van der Waals surface area (Å²) in [6.07, 6.45) is 1.04. The number of aromatic nitrogens is 1. The monoisotopic (exact) mass is 278 g/mol. The molecule has 0 aliphatic rings. The lowest BCUT2D eigenvalue weighted by molar-refractivity contribution is 0.0779. The Morgan fingerprint density at radius 2 is 1.90 bits per heavy atom. The number of benzene rings is 1. The van der Waals surface area contributed by atoms with Gasteiger partial charge in [0.2, 0.25) is 5.95 Å². The molecule has 2 aromatic rings. The van der Waals surface area contributed by atoms with Gasteiger partial charge in [-0.25, -0.2) is 9.37 Å². The van der Waals surface area contributed by atoms with Crippen LogP contribution in [0.25, 0.3) is 0 Å². The highest BCUT2D eigenvalue weighted by Gasteiger charge is 2.19. The summed E-state index contributed by atoms with van der Waals surface area (Å²) in [5.74, 6) is -3.08. The largest absolute Gasteiger partial charge is 0.508 e. The van der Waals surface area contributed by atoms with Crippen molar-refractivity contribution in [1.29, 1.82) is 0 Å². The minimum absolute atomic E-state index is 0.116. The molecule has 20 heavy (non-hydrogen) atoms. The third kappa shape index (κ3) is 2.90. The van der Waals surface area contributed by atoms with Crippen molar-refractivity contribution in [2.75, 3.05) is 7.05 Å². The number of rotatable bonds is 3. The number of aromatic hydroxyl groups is 1. The second-order valence-electron chi connectivity index (χ2n) is 4.29. The maximum Gasteiger partial charge on any atom is 0.257 e. The van der Waals surface area contributed by atoms with E-state index in [2.05, 4.69) is 4.98 Å². The molecule has 0 saturated heterocycles. The fourth-order valence-electron chi connectivity index (χ4n) is 1.74. The molecule has 0 saturated carbocycles. The van der Waals surface area contributed by atoms with Crippen molar-refractivity contribution < 1.29 is 18.7 Å². The Balaban J connectivity index is 2.16. The van der Waals surface area contributed by atoms with Gasteiger partial charge >= 0.3 is 0 Å². The second-order valence-corrected chi connectivity index (χ2v) is 4.29. The average molecular weight is 278 g/mol. The molecule has 1 amide bonds. The van der Waals surface area contributed by atoms with Gasteiger partial charge in [-0.05, 0) is 23.8 Å². The van der Waals surface area contributed by atoms with Crippen molar-refractivity contribution in [1.82, 2.24) is 9.88 Å². The summed E-state index contributed by atoms with van der Waals surface area (Å²) in [5.41, 5.74) is 0.396. The van der Waals surface area contributed by atoms with E-state index in [4.69, 9.17) is 5.11 Å². The van der Waals surface area contributed by atoms with Gasteiger partial charge in [0.15, 0.2) is 5.82 Å². The van der Waals surface area contributed by atoms with Crippen LogP contribution in [0.2, 0.25) is 0 Å². The van der Waals surface area contributed by atoms with Crippen LogP contribution in [0.3, 0.4) is 0 Å². The first-order chi connectivity index (χ1) is 9.49. The summed E-state index contributed by atoms with van der Waals surface area (Å²) in [5, 5.41) is 9.17. The molecule has 1 aromatic carbocycles. The van der Waals surface area contributed by atoms with Crippen molar-refractivity contribution in [3.8, 4) is 5.75 Å². The Bertz CT molecular complexity index is 630. The zero-order valence-corrected chi connectivity index (χ0v) is 10.7. The Hall–Kier alpha value is -2.50. The summed E-state index contributed by atoms with van der Waals surface area (Å²) >= 11 is 0. The minimum atomic E-state index is -1.30. The molecular weight excluding hydrogens is 266 g/mol. The molecule has 0 radical (unpaired) electrons. The zero-order valence-electron chi connectivity index (χ0n) is 10.7. The molecule has 0 bridgehead atoms. The molecular formula is C14H12F2N2O2. The number of amides is 1. The Kier molecular flexibility index (Phi) is 3.93. The van der Waals surface area contributed by atoms with Gasteiger partial charge in [0.1, 0.15) is 5.75 Å². The van der Waals surface area contributed by atoms with Gasteiger partial charge < -0.3 is 10.0 Å². The normalized spacial score (nSPS) is 10.3. The molecule has 0 fully saturated rings. The molecule has 0 atom stereocenters. The van der Waals surface area contributed by atoms with Crippen LogP contribution in [0.5, 0.6) is 5.75 Å². The van der Waals surface area contributed by atoms with Crippen molar-refractivity contribution in [3.05, 3.63) is 59.4 Å². The molecule has 0 unspecified atom stereocenters. The minimum Gasteiger partial charge on any atom is -0.508 e. The van der Waals surface area contributed by atoms with Gasteiger partial charge in [-0.2, -0.15) is 4.39 Å². The van der Waals surface area contributed by atoms with E-state index in [0.29, 0.717) is 0 Å². The summed E-state index contributed by atoms with van der Waals surface area (Å²) in [6, 6.07) is 7.39. The molecule has 1 N–H and O–H groups in total. The van der Waals surface area contributed by atoms with Crippen molar-refractivity contribution >= 4 is 5.91 Å². The zero-order chi connectivity index (χ0) is 14.7. The van der Waals surface area contributed by atoms with E-state index >= 15 is 0 Å². The van der Waals surface area contributed by atoms with E-state index in [1.807, 2.05) is 0 Å². The highest BCUT2D eigenvalue weighted by atomic mass is 19.2. The molecule has 2 rings (SSSR count). The van der Waals surface area contributed by atoms with Crippen LogP contribution in [-0.4, -0.2) is 27.9 Å². The number of pyridine rings is 1. The first-order valence-corrected chi connectivity index (χ1v) is 5.82. The standard InChI is InChI=1S/C14H12F2N2O2/c1-18(8-9-2-4-10(19)5-3-9)14(20)11-6-7-17-13(16)12(11)15/h2-7,19H,8H2,1H3. The first kappa shape index (κ1) is 13.9. The number of phenolic OH excluding ortho intramolecular Hbond substituents is 1. The summed E-state index contributed by atoms with van der Waals surface area (Å²) in [6.45, 7) is 0.211. The molecule has 6 heteroatoms. The van der Waals surface area contributed by atoms with E-state index in [1.54, 1.807) is 12.1 Å². The van der Waals surface area contributed by atoms with Gasteiger partial charge in [0, 0.05) is 19.8 Å². The topological polar surface area (TPSA) is 53.4 Å². The number of carbonyl (C=O) groups is 1.